The van der Waals surface area contributed by atoms with Crippen LogP contribution in [0.1, 0.15) is 94.6 Å². The number of fused-ring (bicyclic) bond motifs is 5. The summed E-state index contributed by atoms with van der Waals surface area (Å²) in [6.45, 7) is 14.7. The number of likely N-dealkylation sites (N-methyl/N-ethyl adjacent to an activating group) is 1. The van der Waals surface area contributed by atoms with Crippen molar-refractivity contribution in [2.24, 2.45) is 33.8 Å². The molecule has 1 amide bonds. The van der Waals surface area contributed by atoms with Crippen molar-refractivity contribution in [1.82, 2.24) is 19.7 Å². The van der Waals surface area contributed by atoms with Gasteiger partial charge in [0.2, 0.25) is 5.91 Å². The highest BCUT2D eigenvalue weighted by molar-refractivity contribution is 6.00. The minimum atomic E-state index is -1.86. The number of hydrogen-bond donors (Lipinski definition) is 2. The van der Waals surface area contributed by atoms with Crippen molar-refractivity contribution in [3.05, 3.63) is 42.4 Å². The number of ether oxygens (including phenoxy) is 5. The van der Waals surface area contributed by atoms with Crippen LogP contribution in [0.3, 0.4) is 0 Å². The van der Waals surface area contributed by atoms with E-state index in [1.165, 1.54) is 20.8 Å². The number of aliphatic hydroxyl groups excluding tert-OH is 1. The second kappa shape index (κ2) is 20.9. The van der Waals surface area contributed by atoms with Crippen LogP contribution in [-0.2, 0) is 49.5 Å². The number of pyridine rings is 1. The summed E-state index contributed by atoms with van der Waals surface area (Å²) in [6, 6.07) is 5.13. The number of carbonyl (C=O) groups excluding carboxylic acids is 3. The van der Waals surface area contributed by atoms with Crippen molar-refractivity contribution in [3.8, 4) is 5.82 Å². The third-order valence-corrected chi connectivity index (χ3v) is 12.1. The van der Waals surface area contributed by atoms with Crippen LogP contribution < -0.4 is 0 Å². The molecule has 2 aromatic rings. The maximum Gasteiger partial charge on any atom is 0.316 e. The van der Waals surface area contributed by atoms with Gasteiger partial charge in [-0.05, 0) is 79.1 Å². The van der Waals surface area contributed by atoms with E-state index in [4.69, 9.17) is 28.5 Å². The van der Waals surface area contributed by atoms with E-state index < -0.39 is 83.2 Å². The Labute approximate surface area is 360 Å². The summed E-state index contributed by atoms with van der Waals surface area (Å²) in [5, 5.41) is 32.8. The van der Waals surface area contributed by atoms with Crippen LogP contribution in [0.15, 0.2) is 46.9 Å². The zero-order chi connectivity index (χ0) is 44.1. The summed E-state index contributed by atoms with van der Waals surface area (Å²) in [5.41, 5.74) is -1.84. The number of Topliss-reactive ketones (excluding diaryl/α,β-unsaturated/α-hetero) is 1. The first-order valence-corrected chi connectivity index (χ1v) is 20.9. The van der Waals surface area contributed by atoms with E-state index in [0.29, 0.717) is 18.0 Å². The predicted octanol–water partition coefficient (Wildman–Crippen LogP) is 4.34. The Morgan fingerprint density at radius 1 is 1.10 bits per heavy atom. The highest BCUT2D eigenvalue weighted by Gasteiger charge is 2.53. The fourth-order valence-electron chi connectivity index (χ4n) is 8.85. The van der Waals surface area contributed by atoms with Gasteiger partial charge in [-0.15, -0.1) is 0 Å². The molecular weight excluding hydrogens is 789 g/mol. The largest absolute Gasteiger partial charge is 0.459 e. The molecule has 17 heteroatoms. The maximum absolute atomic E-state index is 14.5. The van der Waals surface area contributed by atoms with Gasteiger partial charge in [0.25, 0.3) is 0 Å². The molecule has 5 heterocycles. The van der Waals surface area contributed by atoms with E-state index in [1.54, 1.807) is 63.1 Å². The number of carbonyl (C=O) groups is 3. The van der Waals surface area contributed by atoms with Crippen molar-refractivity contribution in [3.63, 3.8) is 0 Å². The van der Waals surface area contributed by atoms with Gasteiger partial charge in [0.15, 0.2) is 17.9 Å². The van der Waals surface area contributed by atoms with Crippen LogP contribution in [0.2, 0.25) is 0 Å². The third-order valence-electron chi connectivity index (χ3n) is 12.1. The van der Waals surface area contributed by atoms with E-state index in [0.717, 1.165) is 5.56 Å². The number of oxime groups is 1. The number of ketones is 1. The summed E-state index contributed by atoms with van der Waals surface area (Å²) in [6.07, 6.45) is -0.0360. The van der Waals surface area contributed by atoms with Crippen molar-refractivity contribution in [1.29, 1.82) is 0 Å². The lowest BCUT2D eigenvalue weighted by molar-refractivity contribution is -0.296. The third kappa shape index (κ3) is 11.5. The first-order valence-electron chi connectivity index (χ1n) is 20.9. The van der Waals surface area contributed by atoms with Gasteiger partial charge in [0.1, 0.15) is 36.0 Å². The molecule has 2 bridgehead atoms. The molecule has 0 unspecified atom stereocenters. The Bertz CT molecular complexity index is 1840. The Kier molecular flexibility index (Phi) is 17.0. The van der Waals surface area contributed by atoms with E-state index in [1.807, 2.05) is 38.9 Å². The Balaban J connectivity index is 0.00000819. The molecular formula is C44H68N6O11. The zero-order valence-corrected chi connectivity index (χ0v) is 36.8. The molecule has 0 radical (unpaired) electrons. The summed E-state index contributed by atoms with van der Waals surface area (Å²) >= 11 is 0. The molecule has 0 aliphatic carbocycles. The predicted molar refractivity (Wildman–Crippen MR) is 227 cm³/mol. The Hall–Kier alpha value is -3.97. The van der Waals surface area contributed by atoms with Crippen molar-refractivity contribution < 1.29 is 53.1 Å². The fourth-order valence-corrected chi connectivity index (χ4v) is 8.85. The summed E-state index contributed by atoms with van der Waals surface area (Å²) in [4.78, 5) is 58.0. The number of esters is 1. The topological polar surface area (TPSA) is 206 Å². The molecule has 0 spiro atoms. The molecule has 61 heavy (non-hydrogen) atoms. The number of cyclic esters (lactones) is 1. The van der Waals surface area contributed by atoms with Gasteiger partial charge in [-0.1, -0.05) is 46.3 Å². The van der Waals surface area contributed by atoms with Gasteiger partial charge in [-0.3, -0.25) is 14.4 Å². The van der Waals surface area contributed by atoms with Crippen molar-refractivity contribution in [2.45, 2.75) is 150 Å². The quantitative estimate of drug-likeness (QED) is 0.215. The molecule has 13 atom stereocenters. The van der Waals surface area contributed by atoms with E-state index >= 15 is 0 Å². The maximum atomic E-state index is 14.5. The average Bonchev–Trinajstić information content (AvgIpc) is 3.74. The molecule has 3 aliphatic rings. The van der Waals surface area contributed by atoms with Crippen LogP contribution in [0.4, 0.5) is 0 Å². The van der Waals surface area contributed by atoms with Crippen LogP contribution in [0.25, 0.3) is 5.82 Å². The van der Waals surface area contributed by atoms with Crippen LogP contribution in [-0.4, -0.2) is 140 Å². The Morgan fingerprint density at radius 3 is 2.43 bits per heavy atom. The van der Waals surface area contributed by atoms with Crippen LogP contribution >= 0.6 is 0 Å². The highest BCUT2D eigenvalue weighted by atomic mass is 16.7. The van der Waals surface area contributed by atoms with Gasteiger partial charge in [-0.25, -0.2) is 14.7 Å². The molecule has 0 saturated carbocycles. The van der Waals surface area contributed by atoms with Gasteiger partial charge in [0.05, 0.1) is 37.1 Å². The van der Waals surface area contributed by atoms with Crippen molar-refractivity contribution in [2.75, 3.05) is 27.3 Å². The van der Waals surface area contributed by atoms with E-state index in [-0.39, 0.29) is 57.9 Å². The number of nitrogens with zero attached hydrogens (tertiary/aromatic N) is 6. The number of hydrogen-bond acceptors (Lipinski definition) is 15. The van der Waals surface area contributed by atoms with E-state index in [2.05, 4.69) is 20.2 Å². The lowest BCUT2D eigenvalue weighted by Crippen LogP contribution is -2.60. The average molecular weight is 857 g/mol. The first-order chi connectivity index (χ1) is 28.3. The smallest absolute Gasteiger partial charge is 0.316 e. The molecule has 0 aromatic carbocycles. The number of amides is 1. The molecule has 5 rings (SSSR count). The lowest BCUT2D eigenvalue weighted by atomic mass is 9.73. The van der Waals surface area contributed by atoms with Crippen LogP contribution in [0.5, 0.6) is 0 Å². The molecule has 2 aromatic heterocycles. The normalized spacial score (nSPS) is 37.0. The molecule has 17 nitrogen and oxygen atoms in total. The van der Waals surface area contributed by atoms with Gasteiger partial charge < -0.3 is 43.6 Å². The Morgan fingerprint density at radius 2 is 1.82 bits per heavy atom. The highest BCUT2D eigenvalue weighted by Crippen LogP contribution is 2.40. The molecule has 3 saturated heterocycles. The molecule has 3 aliphatic heterocycles. The number of rotatable bonds is 8. The molecule has 3 fully saturated rings. The van der Waals surface area contributed by atoms with E-state index in [9.17, 15) is 24.6 Å². The summed E-state index contributed by atoms with van der Waals surface area (Å²) < 4.78 is 34.1. The second-order valence-electron chi connectivity index (χ2n) is 17.3. The summed E-state index contributed by atoms with van der Waals surface area (Å²) in [7, 11) is 3.73. The zero-order valence-electron chi connectivity index (χ0n) is 36.8. The minimum absolute atomic E-state index is 0. The number of aromatic nitrogens is 3. The monoisotopic (exact) mass is 856 g/mol. The first kappa shape index (κ1) is 49.7. The number of aliphatic hydroxyl groups is 2. The van der Waals surface area contributed by atoms with Crippen molar-refractivity contribution >= 4 is 29.1 Å². The SMILES string of the molecule is C.CC[C@H]1OC(=O)[C@H](C)C(=O)[C@H](C)[C@@H](O[C@@H]2O[C@H](C)C[C@H](N(C)C)[C@H]2O)[C@@]2(C)C[C@@H](C)C(=NC(C)=O)[C@H](C)[C@@H](OC/C(=N\OCc3ccc(-n4cccn4)nc3)CO2)[C@]1(C)O. The summed E-state index contributed by atoms with van der Waals surface area (Å²) in [5.74, 6) is -4.71. The fraction of sp³-hybridized carbons (Fsp3) is 0.705. The number of aliphatic imine (C=N–C) groups is 1. The van der Waals surface area contributed by atoms with Gasteiger partial charge in [0, 0.05) is 54.7 Å². The molecule has 2 N–H and O–H groups in total. The van der Waals surface area contributed by atoms with Crippen LogP contribution in [0, 0.1) is 23.7 Å². The minimum Gasteiger partial charge on any atom is -0.459 e. The standard InChI is InChI=1S/C43H64N6O11.CH4/c1-12-33-43(9,54)39-26(4)35(46-29(7)50)24(2)19-42(8,56-23-31(22-55-39)47-57-21-30-14-15-34(44-20-30)49-17-13-16-45-49)38(27(5)36(51)28(6)40(53)59-33)60-41-37(52)32(48(10)11)18-25(3)58-41;/h13-17,20,24-28,32-33,37-39,41,52,54H,12,18-19,21-23H2,1-11H3;1H4/b46-35?,47-31+;/t24-,25-,26+,27+,28-,32+,33-,37-,38-,39-,41+,42-,43-;/m1./s1. The molecule has 340 valence electrons. The second-order valence-corrected chi connectivity index (χ2v) is 17.3. The van der Waals surface area contributed by atoms with Gasteiger partial charge >= 0.3 is 5.97 Å². The lowest BCUT2D eigenvalue weighted by Gasteiger charge is -2.47. The van der Waals surface area contributed by atoms with Gasteiger partial charge in [-0.2, -0.15) is 5.10 Å².